The highest BCUT2D eigenvalue weighted by atomic mass is 19.1. The Hall–Kier alpha value is -1.36. The second-order valence-corrected chi connectivity index (χ2v) is 6.01. The van der Waals surface area contributed by atoms with Crippen LogP contribution in [0, 0.1) is 35.4 Å². The summed E-state index contributed by atoms with van der Waals surface area (Å²) in [6, 6.07) is 7.46. The first-order valence-electron chi connectivity index (χ1n) is 7.25. The molecule has 0 radical (unpaired) electrons. The van der Waals surface area contributed by atoms with Crippen molar-refractivity contribution in [1.29, 1.82) is 5.26 Å². The van der Waals surface area contributed by atoms with Crippen LogP contribution in [0.25, 0.3) is 0 Å². The minimum Gasteiger partial charge on any atom is -0.207 e. The van der Waals surface area contributed by atoms with E-state index in [4.69, 9.17) is 0 Å². The van der Waals surface area contributed by atoms with Gasteiger partial charge in [0.05, 0.1) is 11.5 Å². The van der Waals surface area contributed by atoms with Crippen LogP contribution in [0.4, 0.5) is 4.39 Å². The predicted molar refractivity (Wildman–Crippen MR) is 75.1 cm³/mol. The molecule has 1 aromatic carbocycles. The van der Waals surface area contributed by atoms with Crippen LogP contribution in [0.2, 0.25) is 0 Å². The fourth-order valence-electron chi connectivity index (χ4n) is 3.33. The highest BCUT2D eigenvalue weighted by Crippen LogP contribution is 2.43. The maximum absolute atomic E-state index is 13.4. The van der Waals surface area contributed by atoms with Crippen LogP contribution in [0.3, 0.4) is 0 Å². The predicted octanol–water partition coefficient (Wildman–Crippen LogP) is 4.79. The summed E-state index contributed by atoms with van der Waals surface area (Å²) in [6.07, 6.45) is 6.13. The molecule has 1 aromatic rings. The van der Waals surface area contributed by atoms with Crippen LogP contribution in [-0.2, 0) is 6.42 Å². The molecular weight excluding hydrogens is 237 g/mol. The Bertz CT molecular complexity index is 489. The second kappa shape index (κ2) is 5.74. The molecule has 0 aliphatic heterocycles. The molecule has 102 valence electrons. The van der Waals surface area contributed by atoms with Crippen LogP contribution in [0.15, 0.2) is 18.2 Å². The van der Waals surface area contributed by atoms with Gasteiger partial charge in [-0.05, 0) is 55.4 Å². The Morgan fingerprint density at radius 2 is 2.26 bits per heavy atom. The van der Waals surface area contributed by atoms with Crippen molar-refractivity contribution in [2.45, 2.75) is 52.4 Å². The number of nitrogens with zero attached hydrogens (tertiary/aromatic N) is 1. The molecule has 0 saturated heterocycles. The number of hydrogen-bond donors (Lipinski definition) is 0. The van der Waals surface area contributed by atoms with E-state index in [1.807, 2.05) is 13.0 Å². The molecule has 19 heavy (non-hydrogen) atoms. The van der Waals surface area contributed by atoms with Gasteiger partial charge >= 0.3 is 0 Å². The molecule has 0 bridgehead atoms. The molecule has 0 amide bonds. The van der Waals surface area contributed by atoms with E-state index in [9.17, 15) is 9.65 Å². The summed E-state index contributed by atoms with van der Waals surface area (Å²) in [6.45, 7) is 4.20. The molecule has 1 aliphatic rings. The van der Waals surface area contributed by atoms with Crippen LogP contribution < -0.4 is 0 Å². The molecule has 1 aliphatic carbocycles. The lowest BCUT2D eigenvalue weighted by Gasteiger charge is -2.36. The Morgan fingerprint density at radius 1 is 1.47 bits per heavy atom. The zero-order chi connectivity index (χ0) is 13.9. The van der Waals surface area contributed by atoms with E-state index >= 15 is 0 Å². The standard InChI is InChI=1S/C17H22FN/c1-3-14-5-4-8-17(10-14,12-19)11-15-9-16(18)7-6-13(15)2/h6-7,9,14H,3-5,8,10-11H2,1-2H3. The van der Waals surface area contributed by atoms with Gasteiger partial charge in [-0.25, -0.2) is 4.39 Å². The first-order valence-corrected chi connectivity index (χ1v) is 7.25. The Morgan fingerprint density at radius 3 is 2.95 bits per heavy atom. The number of aryl methyl sites for hydroxylation is 1. The molecule has 2 rings (SSSR count). The van der Waals surface area contributed by atoms with Gasteiger partial charge in [0.15, 0.2) is 0 Å². The molecule has 0 N–H and O–H groups in total. The van der Waals surface area contributed by atoms with Gasteiger partial charge in [0.1, 0.15) is 5.82 Å². The minimum atomic E-state index is -0.280. The second-order valence-electron chi connectivity index (χ2n) is 6.01. The van der Waals surface area contributed by atoms with E-state index in [-0.39, 0.29) is 11.2 Å². The summed E-state index contributed by atoms with van der Waals surface area (Å²) >= 11 is 0. The first kappa shape index (κ1) is 14.1. The molecule has 1 fully saturated rings. The van der Waals surface area contributed by atoms with Crippen LogP contribution >= 0.6 is 0 Å². The van der Waals surface area contributed by atoms with Gasteiger partial charge in [-0.3, -0.25) is 0 Å². The lowest BCUT2D eigenvalue weighted by Crippen LogP contribution is -2.29. The average molecular weight is 259 g/mol. The number of benzene rings is 1. The lowest BCUT2D eigenvalue weighted by molar-refractivity contribution is 0.194. The molecule has 1 saturated carbocycles. The maximum Gasteiger partial charge on any atom is 0.123 e. The summed E-state index contributed by atoms with van der Waals surface area (Å²) in [5.74, 6) is 0.457. The number of rotatable bonds is 3. The normalized spacial score (nSPS) is 26.9. The zero-order valence-electron chi connectivity index (χ0n) is 11.9. The van der Waals surface area contributed by atoms with Gasteiger partial charge < -0.3 is 0 Å². The van der Waals surface area contributed by atoms with Crippen molar-refractivity contribution in [2.75, 3.05) is 0 Å². The summed E-state index contributed by atoms with van der Waals surface area (Å²) in [7, 11) is 0. The molecule has 2 atom stereocenters. The van der Waals surface area contributed by atoms with Gasteiger partial charge in [-0.15, -0.1) is 0 Å². The van der Waals surface area contributed by atoms with Gasteiger partial charge in [0, 0.05) is 0 Å². The van der Waals surface area contributed by atoms with Crippen molar-refractivity contribution in [3.63, 3.8) is 0 Å². The topological polar surface area (TPSA) is 23.8 Å². The Balaban J connectivity index is 2.23. The molecule has 0 spiro atoms. The smallest absolute Gasteiger partial charge is 0.123 e. The molecule has 0 aromatic heterocycles. The maximum atomic E-state index is 13.4. The van der Waals surface area contributed by atoms with E-state index in [0.717, 1.165) is 36.8 Å². The van der Waals surface area contributed by atoms with Crippen LogP contribution in [0.5, 0.6) is 0 Å². The van der Waals surface area contributed by atoms with Gasteiger partial charge in [-0.2, -0.15) is 5.26 Å². The quantitative estimate of drug-likeness (QED) is 0.765. The van der Waals surface area contributed by atoms with Crippen molar-refractivity contribution in [1.82, 2.24) is 0 Å². The van der Waals surface area contributed by atoms with Crippen LogP contribution in [-0.4, -0.2) is 0 Å². The van der Waals surface area contributed by atoms with Gasteiger partial charge in [0.2, 0.25) is 0 Å². The van der Waals surface area contributed by atoms with Gasteiger partial charge in [-0.1, -0.05) is 32.3 Å². The fraction of sp³-hybridized carbons (Fsp3) is 0.588. The van der Waals surface area contributed by atoms with Crippen molar-refractivity contribution in [2.24, 2.45) is 11.3 Å². The lowest BCUT2D eigenvalue weighted by atomic mass is 9.66. The van der Waals surface area contributed by atoms with E-state index in [1.165, 1.54) is 12.5 Å². The number of halogens is 1. The fourth-order valence-corrected chi connectivity index (χ4v) is 3.33. The van der Waals surface area contributed by atoms with Crippen molar-refractivity contribution in [3.8, 4) is 6.07 Å². The van der Waals surface area contributed by atoms with Gasteiger partial charge in [0.25, 0.3) is 0 Å². The van der Waals surface area contributed by atoms with E-state index in [1.54, 1.807) is 6.07 Å². The first-order chi connectivity index (χ1) is 9.08. The Kier molecular flexibility index (Phi) is 4.24. The van der Waals surface area contributed by atoms with Crippen molar-refractivity contribution >= 4 is 0 Å². The average Bonchev–Trinajstić information content (AvgIpc) is 2.43. The van der Waals surface area contributed by atoms with Crippen molar-refractivity contribution < 1.29 is 4.39 Å². The SMILES string of the molecule is CCC1CCCC(C#N)(Cc2cc(F)ccc2C)C1. The third kappa shape index (κ3) is 3.15. The largest absolute Gasteiger partial charge is 0.207 e. The summed E-state index contributed by atoms with van der Waals surface area (Å²) in [4.78, 5) is 0. The third-order valence-corrected chi connectivity index (χ3v) is 4.60. The third-order valence-electron chi connectivity index (χ3n) is 4.60. The number of nitriles is 1. The van der Waals surface area contributed by atoms with E-state index in [2.05, 4.69) is 13.0 Å². The molecule has 2 heteroatoms. The monoisotopic (exact) mass is 259 g/mol. The molecule has 0 heterocycles. The highest BCUT2D eigenvalue weighted by molar-refractivity contribution is 5.29. The van der Waals surface area contributed by atoms with E-state index in [0.29, 0.717) is 12.3 Å². The van der Waals surface area contributed by atoms with E-state index < -0.39 is 0 Å². The van der Waals surface area contributed by atoms with Crippen LogP contribution in [0.1, 0.15) is 50.2 Å². The molecular formula is C17H22FN. The summed E-state index contributed by atoms with van der Waals surface area (Å²) < 4.78 is 13.4. The highest BCUT2D eigenvalue weighted by Gasteiger charge is 2.36. The molecule has 2 unspecified atom stereocenters. The Labute approximate surface area is 115 Å². The minimum absolute atomic E-state index is 0.198. The summed E-state index contributed by atoms with van der Waals surface area (Å²) in [5.41, 5.74) is 1.81. The number of hydrogen-bond acceptors (Lipinski definition) is 1. The molecule has 1 nitrogen and oxygen atoms in total. The summed E-state index contributed by atoms with van der Waals surface area (Å²) in [5, 5.41) is 9.63. The van der Waals surface area contributed by atoms with Crippen molar-refractivity contribution in [3.05, 3.63) is 35.1 Å². The zero-order valence-corrected chi connectivity index (χ0v) is 11.9.